The van der Waals surface area contributed by atoms with Gasteiger partial charge in [-0.2, -0.15) is 4.31 Å². The molecule has 0 saturated carbocycles. The molecule has 1 aliphatic rings. The third-order valence-corrected chi connectivity index (χ3v) is 6.90. The van der Waals surface area contributed by atoms with Crippen LogP contribution in [-0.2, 0) is 10.0 Å². The maximum atomic E-state index is 12.4. The zero-order valence-corrected chi connectivity index (χ0v) is 16.5. The highest BCUT2D eigenvalue weighted by Crippen LogP contribution is 2.26. The predicted molar refractivity (Wildman–Crippen MR) is 106 cm³/mol. The minimum atomic E-state index is -3.20. The van der Waals surface area contributed by atoms with Crippen LogP contribution < -0.4 is 10.3 Å². The van der Waals surface area contributed by atoms with Crippen LogP contribution in [0.1, 0.15) is 26.2 Å². The van der Waals surface area contributed by atoms with Crippen LogP contribution in [0.15, 0.2) is 30.9 Å². The summed E-state index contributed by atoms with van der Waals surface area (Å²) in [6.07, 6.45) is 7.45. The Bertz CT molecular complexity index is 1070. The van der Waals surface area contributed by atoms with Crippen LogP contribution in [-0.4, -0.2) is 57.5 Å². The fraction of sp³-hybridized carbons (Fsp3) is 0.444. The number of hydrogen-bond acceptors (Lipinski definition) is 6. The molecule has 0 aromatic carbocycles. The summed E-state index contributed by atoms with van der Waals surface area (Å²) in [5.41, 5.74) is 2.89. The zero-order chi connectivity index (χ0) is 19.6. The molecule has 1 fully saturated rings. The molecule has 1 atom stereocenters. The van der Waals surface area contributed by atoms with Crippen LogP contribution in [0.4, 0.5) is 5.82 Å². The first kappa shape index (κ1) is 18.8. The summed E-state index contributed by atoms with van der Waals surface area (Å²) in [4.78, 5) is 19.5. The third-order valence-electron chi connectivity index (χ3n) is 4.85. The molecule has 4 rings (SSSR count). The molecular weight excluding hydrogens is 378 g/mol. The number of rotatable bonds is 6. The van der Waals surface area contributed by atoms with Gasteiger partial charge in [0.1, 0.15) is 17.7 Å². The molecular formula is C18H24N7O2S+. The van der Waals surface area contributed by atoms with Gasteiger partial charge in [0.25, 0.3) is 5.65 Å². The van der Waals surface area contributed by atoms with Crippen LogP contribution in [0.25, 0.3) is 22.6 Å². The molecule has 0 aliphatic carbocycles. The van der Waals surface area contributed by atoms with E-state index in [4.69, 9.17) is 0 Å². The molecule has 0 amide bonds. The van der Waals surface area contributed by atoms with Crippen molar-refractivity contribution in [2.75, 3.05) is 24.2 Å². The van der Waals surface area contributed by atoms with Crippen LogP contribution in [0.3, 0.4) is 0 Å². The van der Waals surface area contributed by atoms with Gasteiger partial charge in [0.05, 0.1) is 5.75 Å². The number of nitrogens with one attached hydrogen (secondary N) is 3. The number of fused-ring (bicyclic) bond motifs is 1. The van der Waals surface area contributed by atoms with E-state index in [0.717, 1.165) is 18.4 Å². The molecule has 0 unspecified atom stereocenters. The zero-order valence-electron chi connectivity index (χ0n) is 15.7. The van der Waals surface area contributed by atoms with Gasteiger partial charge in [0.2, 0.25) is 10.0 Å². The SMILES string of the molecule is CCCS(=O)(=O)N1CCC[C@H](Nc2ncccc2-c2cnc3[nH+]c[nH]c3n2)C1. The molecule has 9 nitrogen and oxygen atoms in total. The second kappa shape index (κ2) is 7.80. The number of aromatic amines is 2. The third kappa shape index (κ3) is 3.83. The standard InChI is InChI=1S/C18H23N7O2S/c1-2-9-28(26,27)25-8-4-5-13(11-25)23-16-14(6-3-7-19-16)15-10-20-17-18(24-15)22-12-21-17/h3,6-7,10,12-13H,2,4-5,8-9,11H2,1H3,(H,19,23)(H,20,21,22,24)/p+1/t13-/m0/s1. The lowest BCUT2D eigenvalue weighted by Gasteiger charge is -2.32. The monoisotopic (exact) mass is 402 g/mol. The van der Waals surface area contributed by atoms with E-state index in [-0.39, 0.29) is 11.8 Å². The van der Waals surface area contributed by atoms with Crippen molar-refractivity contribution in [1.82, 2.24) is 24.2 Å². The molecule has 148 valence electrons. The average Bonchev–Trinajstić information content (AvgIpc) is 3.16. The van der Waals surface area contributed by atoms with Gasteiger partial charge in [0, 0.05) is 30.9 Å². The van der Waals surface area contributed by atoms with Crippen molar-refractivity contribution in [1.29, 1.82) is 0 Å². The van der Waals surface area contributed by atoms with E-state index < -0.39 is 10.0 Å². The molecule has 4 heterocycles. The molecule has 10 heteroatoms. The smallest absolute Gasteiger partial charge is 0.319 e. The number of aromatic nitrogens is 5. The largest absolute Gasteiger partial charge is 0.365 e. The number of H-pyrrole nitrogens is 2. The summed E-state index contributed by atoms with van der Waals surface area (Å²) < 4.78 is 26.5. The molecule has 3 aromatic heterocycles. The highest BCUT2D eigenvalue weighted by Gasteiger charge is 2.29. The van der Waals surface area contributed by atoms with Gasteiger partial charge in [-0.05, 0) is 31.4 Å². The summed E-state index contributed by atoms with van der Waals surface area (Å²) in [5, 5.41) is 3.43. The average molecular weight is 403 g/mol. The quantitative estimate of drug-likeness (QED) is 0.644. The molecule has 0 bridgehead atoms. The van der Waals surface area contributed by atoms with Gasteiger partial charge in [-0.3, -0.25) is 4.98 Å². The van der Waals surface area contributed by atoms with E-state index in [2.05, 4.69) is 30.2 Å². The van der Waals surface area contributed by atoms with Crippen molar-refractivity contribution in [2.45, 2.75) is 32.2 Å². The Morgan fingerprint density at radius 3 is 3.14 bits per heavy atom. The number of nitrogens with zero attached hydrogens (tertiary/aromatic N) is 4. The first-order valence-corrected chi connectivity index (χ1v) is 11.1. The molecule has 0 spiro atoms. The molecule has 1 aliphatic heterocycles. The molecule has 3 N–H and O–H groups in total. The number of piperidine rings is 1. The Morgan fingerprint density at radius 1 is 1.39 bits per heavy atom. The number of anilines is 1. The van der Waals surface area contributed by atoms with Gasteiger partial charge >= 0.3 is 5.65 Å². The Kier molecular flexibility index (Phi) is 5.23. The highest BCUT2D eigenvalue weighted by molar-refractivity contribution is 7.89. The molecule has 1 saturated heterocycles. The normalized spacial score (nSPS) is 18.4. The molecule has 28 heavy (non-hydrogen) atoms. The lowest BCUT2D eigenvalue weighted by Crippen LogP contribution is -2.46. The van der Waals surface area contributed by atoms with Crippen LogP contribution in [0.5, 0.6) is 0 Å². The fourth-order valence-electron chi connectivity index (χ4n) is 3.52. The van der Waals surface area contributed by atoms with Crippen LogP contribution in [0, 0.1) is 0 Å². The maximum absolute atomic E-state index is 12.4. The van der Waals surface area contributed by atoms with Gasteiger partial charge in [0.15, 0.2) is 6.33 Å². The van der Waals surface area contributed by atoms with E-state index in [0.29, 0.717) is 42.3 Å². The maximum Gasteiger partial charge on any atom is 0.319 e. The van der Waals surface area contributed by atoms with Crippen molar-refractivity contribution in [3.05, 3.63) is 30.9 Å². The highest BCUT2D eigenvalue weighted by atomic mass is 32.2. The minimum absolute atomic E-state index is 0.00421. The van der Waals surface area contributed by atoms with Gasteiger partial charge in [-0.15, -0.1) is 4.98 Å². The summed E-state index contributed by atoms with van der Waals surface area (Å²) >= 11 is 0. The second-order valence-electron chi connectivity index (χ2n) is 6.94. The van der Waals surface area contributed by atoms with Crippen molar-refractivity contribution in [2.24, 2.45) is 0 Å². The first-order valence-electron chi connectivity index (χ1n) is 9.48. The second-order valence-corrected chi connectivity index (χ2v) is 9.03. The molecule has 3 aromatic rings. The number of imidazole rings is 1. The van der Waals surface area contributed by atoms with E-state index >= 15 is 0 Å². The minimum Gasteiger partial charge on any atom is -0.365 e. The van der Waals surface area contributed by atoms with Gasteiger partial charge in [-0.1, -0.05) is 6.92 Å². The van der Waals surface area contributed by atoms with Crippen molar-refractivity contribution in [3.8, 4) is 11.3 Å². The summed E-state index contributed by atoms with van der Waals surface area (Å²) in [6.45, 7) is 2.92. The Hall–Kier alpha value is -2.59. The Morgan fingerprint density at radius 2 is 2.29 bits per heavy atom. The van der Waals surface area contributed by atoms with E-state index in [1.807, 2.05) is 19.1 Å². The van der Waals surface area contributed by atoms with E-state index in [9.17, 15) is 8.42 Å². The number of pyridine rings is 1. The Labute approximate surface area is 163 Å². The fourth-order valence-corrected chi connectivity index (χ4v) is 5.11. The van der Waals surface area contributed by atoms with E-state index in [1.54, 1.807) is 23.0 Å². The van der Waals surface area contributed by atoms with E-state index in [1.165, 1.54) is 0 Å². The lowest BCUT2D eigenvalue weighted by atomic mass is 10.1. The van der Waals surface area contributed by atoms with Crippen molar-refractivity contribution >= 4 is 27.1 Å². The summed E-state index contributed by atoms with van der Waals surface area (Å²) in [7, 11) is -3.20. The van der Waals surface area contributed by atoms with Crippen molar-refractivity contribution in [3.63, 3.8) is 0 Å². The van der Waals surface area contributed by atoms with Crippen molar-refractivity contribution < 1.29 is 13.4 Å². The summed E-state index contributed by atoms with van der Waals surface area (Å²) in [5.74, 6) is 0.878. The lowest BCUT2D eigenvalue weighted by molar-refractivity contribution is -0.347. The van der Waals surface area contributed by atoms with Crippen LogP contribution in [0.2, 0.25) is 0 Å². The van der Waals surface area contributed by atoms with Gasteiger partial charge in [-0.25, -0.2) is 23.4 Å². The topological polar surface area (TPSA) is 118 Å². The molecule has 0 radical (unpaired) electrons. The first-order chi connectivity index (χ1) is 13.6. The predicted octanol–water partition coefficient (Wildman–Crippen LogP) is 1.45. The summed E-state index contributed by atoms with van der Waals surface area (Å²) in [6, 6.07) is 3.79. The van der Waals surface area contributed by atoms with Crippen LogP contribution >= 0.6 is 0 Å². The number of hydrogen-bond donors (Lipinski definition) is 2. The van der Waals surface area contributed by atoms with Gasteiger partial charge < -0.3 is 5.32 Å². The Balaban J connectivity index is 1.57. The number of sulfonamides is 1.